The number of hydrogen-bond acceptors (Lipinski definition) is 1. The molecule has 0 atom stereocenters. The summed E-state index contributed by atoms with van der Waals surface area (Å²) in [5, 5.41) is 0. The second kappa shape index (κ2) is 7.45. The second-order valence-corrected chi connectivity index (χ2v) is 8.12. The van der Waals surface area contributed by atoms with Crippen LogP contribution in [0.5, 0.6) is 0 Å². The van der Waals surface area contributed by atoms with Crippen molar-refractivity contribution in [2.75, 3.05) is 6.61 Å². The van der Waals surface area contributed by atoms with Crippen LogP contribution in [-0.2, 0) is 4.74 Å². The topological polar surface area (TPSA) is 9.23 Å². The Morgan fingerprint density at radius 2 is 2.20 bits per heavy atom. The molecular weight excluding hydrogens is 231 g/mol. The molecule has 0 bridgehead atoms. The zero-order valence-corrected chi connectivity index (χ0v) is 11.2. The monoisotopic (exact) mass is 250 g/mol. The minimum atomic E-state index is -0.683. The van der Waals surface area contributed by atoms with Gasteiger partial charge in [0, 0.05) is 0 Å². The van der Waals surface area contributed by atoms with E-state index >= 15 is 0 Å². The summed E-state index contributed by atoms with van der Waals surface area (Å²) in [5.41, 5.74) is 0. The van der Waals surface area contributed by atoms with E-state index in [4.69, 9.17) is 4.74 Å². The van der Waals surface area contributed by atoms with Crippen molar-refractivity contribution in [1.29, 1.82) is 0 Å². The number of rotatable bonds is 6. The third-order valence-electron chi connectivity index (χ3n) is 1.41. The molecule has 0 aromatic rings. The zero-order valence-electron chi connectivity index (χ0n) is 7.15. The maximum absolute atomic E-state index is 5.29. The Labute approximate surface area is 74.1 Å². The molecule has 2 heteroatoms. The van der Waals surface area contributed by atoms with E-state index in [-0.39, 0.29) is 0 Å². The summed E-state index contributed by atoms with van der Waals surface area (Å²) in [6.07, 6.45) is 2.69. The van der Waals surface area contributed by atoms with Gasteiger partial charge in [-0.25, -0.2) is 0 Å². The van der Waals surface area contributed by atoms with Crippen molar-refractivity contribution in [3.8, 4) is 0 Å². The van der Waals surface area contributed by atoms with E-state index in [1.54, 1.807) is 0 Å². The van der Waals surface area contributed by atoms with Gasteiger partial charge in [-0.05, 0) is 0 Å². The Balaban J connectivity index is 3.05. The summed E-state index contributed by atoms with van der Waals surface area (Å²) < 4.78 is 7.87. The van der Waals surface area contributed by atoms with Crippen molar-refractivity contribution < 1.29 is 4.74 Å². The van der Waals surface area contributed by atoms with Gasteiger partial charge in [0.05, 0.1) is 0 Å². The normalized spacial score (nSPS) is 10.6. The summed E-state index contributed by atoms with van der Waals surface area (Å²) in [4.78, 5) is 0. The molecule has 0 aliphatic rings. The van der Waals surface area contributed by atoms with Crippen molar-refractivity contribution in [3.05, 3.63) is 10.4 Å². The van der Waals surface area contributed by atoms with E-state index in [2.05, 4.69) is 13.5 Å². The van der Waals surface area contributed by atoms with Crippen molar-refractivity contribution in [3.63, 3.8) is 0 Å². The van der Waals surface area contributed by atoms with Crippen molar-refractivity contribution in [1.82, 2.24) is 0 Å². The first-order valence-corrected chi connectivity index (χ1v) is 8.99. The van der Waals surface area contributed by atoms with Gasteiger partial charge in [0.1, 0.15) is 0 Å². The fraction of sp³-hybridized carbons (Fsp3) is 0.750. The molecule has 0 aromatic heterocycles. The van der Waals surface area contributed by atoms with E-state index in [9.17, 15) is 0 Å². The second-order valence-electron chi connectivity index (χ2n) is 2.43. The summed E-state index contributed by atoms with van der Waals surface area (Å²) in [6, 6.07) is 0. The molecule has 0 radical (unpaired) electrons. The zero-order chi connectivity index (χ0) is 7.82. The molecule has 0 unspecified atom stereocenters. The maximum atomic E-state index is 5.29. The minimum absolute atomic E-state index is 0.683. The first kappa shape index (κ1) is 10.3. The van der Waals surface area contributed by atoms with Crippen molar-refractivity contribution >= 4 is 21.1 Å². The van der Waals surface area contributed by atoms with E-state index in [0.717, 1.165) is 10.4 Å². The fourth-order valence-corrected chi connectivity index (χ4v) is 5.11. The molecule has 0 heterocycles. The third-order valence-corrected chi connectivity index (χ3v) is 6.02. The Bertz CT molecular complexity index is 91.3. The molecule has 0 spiro atoms. The number of ether oxygens (including phenoxy) is 1. The van der Waals surface area contributed by atoms with Crippen molar-refractivity contribution in [2.24, 2.45) is 0 Å². The summed E-state index contributed by atoms with van der Waals surface area (Å²) in [5.74, 6) is 0. The van der Waals surface area contributed by atoms with E-state index in [1.807, 2.05) is 6.92 Å². The molecule has 1 nitrogen and oxygen atoms in total. The van der Waals surface area contributed by atoms with Crippen LogP contribution in [-0.4, -0.2) is 27.7 Å². The summed E-state index contributed by atoms with van der Waals surface area (Å²) >= 11 is -0.683. The molecule has 0 aromatic carbocycles. The van der Waals surface area contributed by atoms with Crippen LogP contribution in [0.1, 0.15) is 26.7 Å². The third kappa shape index (κ3) is 6.46. The summed E-state index contributed by atoms with van der Waals surface area (Å²) in [6.45, 7) is 8.95. The SMILES string of the molecule is C=[C](OCC)[SnH2][CH2]CCC. The van der Waals surface area contributed by atoms with Gasteiger partial charge in [0.25, 0.3) is 0 Å². The van der Waals surface area contributed by atoms with Crippen LogP contribution in [0, 0.1) is 0 Å². The Kier molecular flexibility index (Phi) is 7.70. The first-order chi connectivity index (χ1) is 4.81. The van der Waals surface area contributed by atoms with Crippen LogP contribution >= 0.6 is 0 Å². The molecule has 0 saturated heterocycles. The molecule has 0 amide bonds. The Hall–Kier alpha value is 0.339. The van der Waals surface area contributed by atoms with Crippen LogP contribution in [0.4, 0.5) is 0 Å². The van der Waals surface area contributed by atoms with Crippen LogP contribution in [0.2, 0.25) is 4.44 Å². The number of hydrogen-bond donors (Lipinski definition) is 0. The van der Waals surface area contributed by atoms with Gasteiger partial charge in [0.15, 0.2) is 0 Å². The molecule has 0 N–H and O–H groups in total. The van der Waals surface area contributed by atoms with Gasteiger partial charge in [-0.2, -0.15) is 0 Å². The molecule has 0 fully saturated rings. The van der Waals surface area contributed by atoms with Gasteiger partial charge < -0.3 is 0 Å². The predicted molar refractivity (Wildman–Crippen MR) is 49.0 cm³/mol. The number of unbranched alkanes of at least 4 members (excludes halogenated alkanes) is 1. The van der Waals surface area contributed by atoms with Gasteiger partial charge >= 0.3 is 74.0 Å². The van der Waals surface area contributed by atoms with Crippen LogP contribution in [0.3, 0.4) is 0 Å². The fourth-order valence-electron chi connectivity index (χ4n) is 0.848. The van der Waals surface area contributed by atoms with Gasteiger partial charge in [-0.15, -0.1) is 0 Å². The molecule has 0 saturated carbocycles. The summed E-state index contributed by atoms with van der Waals surface area (Å²) in [7, 11) is 0. The first-order valence-electron chi connectivity index (χ1n) is 4.11. The predicted octanol–water partition coefficient (Wildman–Crippen LogP) is 1.88. The van der Waals surface area contributed by atoms with Gasteiger partial charge in [-0.3, -0.25) is 0 Å². The molecule has 0 aliphatic heterocycles. The molecular formula is C8H18OSn. The molecule has 60 valence electrons. The van der Waals surface area contributed by atoms with Crippen LogP contribution in [0.25, 0.3) is 0 Å². The standard InChI is InChI=1S/C4H7O.C4H9.Sn.2H/c1-3-5-4-2;1-3-4-2;;;/h1,4H2,2H3;1,3-4H2,2H3;;;. The van der Waals surface area contributed by atoms with E-state index in [1.165, 1.54) is 17.3 Å². The van der Waals surface area contributed by atoms with E-state index < -0.39 is 21.1 Å². The quantitative estimate of drug-likeness (QED) is 0.396. The van der Waals surface area contributed by atoms with Crippen molar-refractivity contribution in [2.45, 2.75) is 31.1 Å². The van der Waals surface area contributed by atoms with Crippen LogP contribution in [0.15, 0.2) is 10.4 Å². The van der Waals surface area contributed by atoms with E-state index in [0.29, 0.717) is 0 Å². The van der Waals surface area contributed by atoms with Gasteiger partial charge in [0.2, 0.25) is 0 Å². The Morgan fingerprint density at radius 1 is 1.50 bits per heavy atom. The molecule has 0 aliphatic carbocycles. The molecule has 0 rings (SSSR count). The Morgan fingerprint density at radius 3 is 2.70 bits per heavy atom. The van der Waals surface area contributed by atoms with Crippen LogP contribution < -0.4 is 0 Å². The van der Waals surface area contributed by atoms with Gasteiger partial charge in [-0.1, -0.05) is 0 Å². The average molecular weight is 249 g/mol. The molecule has 10 heavy (non-hydrogen) atoms. The average Bonchev–Trinajstić information content (AvgIpc) is 1.89.